The fourth-order valence-corrected chi connectivity index (χ4v) is 5.72. The minimum atomic E-state index is -4.13. The Hall–Kier alpha value is -1.07. The van der Waals surface area contributed by atoms with E-state index in [-0.39, 0.29) is 11.0 Å². The van der Waals surface area contributed by atoms with Gasteiger partial charge in [-0.05, 0) is 92.9 Å². The molecular weight excluding hydrogens is 312 g/mol. The van der Waals surface area contributed by atoms with Crippen molar-refractivity contribution in [2.24, 2.45) is 23.7 Å². The molecule has 1 N–H and O–H groups in total. The molecule has 1 aromatic carbocycles. The third kappa shape index (κ3) is 3.26. The number of rotatable bonds is 3. The van der Waals surface area contributed by atoms with Gasteiger partial charge in [-0.2, -0.15) is 8.42 Å². The Morgan fingerprint density at radius 1 is 0.870 bits per heavy atom. The van der Waals surface area contributed by atoms with E-state index in [4.69, 9.17) is 9.29 Å². The predicted octanol–water partition coefficient (Wildman–Crippen LogP) is 3.92. The molecule has 4 aliphatic carbocycles. The molecule has 5 rings (SSSR count). The maximum Gasteiger partial charge on any atom is 0.294 e. The summed E-state index contributed by atoms with van der Waals surface area (Å²) in [6.07, 6.45) is 9.46. The van der Waals surface area contributed by atoms with Gasteiger partial charge < -0.3 is 4.74 Å². The molecule has 3 unspecified atom stereocenters. The second-order valence-corrected chi connectivity index (χ2v) is 9.14. The summed E-state index contributed by atoms with van der Waals surface area (Å²) in [4.78, 5) is -0.0820. The van der Waals surface area contributed by atoms with E-state index in [1.54, 1.807) is 12.1 Å². The van der Waals surface area contributed by atoms with Crippen LogP contribution in [-0.2, 0) is 10.1 Å². The third-order valence-corrected chi connectivity index (χ3v) is 6.93. The smallest absolute Gasteiger partial charge is 0.294 e. The average Bonchev–Trinajstić information content (AvgIpc) is 2.49. The molecule has 3 atom stereocenters. The van der Waals surface area contributed by atoms with Gasteiger partial charge in [0.1, 0.15) is 11.9 Å². The van der Waals surface area contributed by atoms with Crippen LogP contribution in [0, 0.1) is 23.7 Å². The van der Waals surface area contributed by atoms with Crippen LogP contribution in [0.4, 0.5) is 0 Å². The Kier molecular flexibility index (Phi) is 3.88. The van der Waals surface area contributed by atoms with Gasteiger partial charge in [-0.15, -0.1) is 0 Å². The number of fused-ring (bicyclic) bond motifs is 2. The minimum absolute atomic E-state index is 0.0820. The number of ether oxygens (including phenoxy) is 1. The van der Waals surface area contributed by atoms with Gasteiger partial charge in [0.2, 0.25) is 0 Å². The fourth-order valence-electron chi connectivity index (χ4n) is 5.24. The van der Waals surface area contributed by atoms with E-state index in [1.807, 2.05) is 0 Å². The summed E-state index contributed by atoms with van der Waals surface area (Å²) in [5.41, 5.74) is 0. The molecule has 4 saturated carbocycles. The summed E-state index contributed by atoms with van der Waals surface area (Å²) in [6, 6.07) is 6.13. The molecule has 4 nitrogen and oxygen atoms in total. The van der Waals surface area contributed by atoms with Gasteiger partial charge in [0.05, 0.1) is 4.90 Å². The van der Waals surface area contributed by atoms with Gasteiger partial charge in [-0.25, -0.2) is 0 Å². The molecule has 0 spiro atoms. The Morgan fingerprint density at radius 3 is 2.09 bits per heavy atom. The first-order valence-corrected chi connectivity index (χ1v) is 10.2. The van der Waals surface area contributed by atoms with Crippen LogP contribution in [0.5, 0.6) is 5.75 Å². The zero-order valence-corrected chi connectivity index (χ0v) is 14.0. The molecule has 4 bridgehead atoms. The van der Waals surface area contributed by atoms with Gasteiger partial charge in [-0.3, -0.25) is 4.55 Å². The summed E-state index contributed by atoms with van der Waals surface area (Å²) in [5.74, 6) is 4.02. The number of benzene rings is 1. The molecule has 23 heavy (non-hydrogen) atoms. The van der Waals surface area contributed by atoms with Crippen LogP contribution in [0.2, 0.25) is 0 Å². The van der Waals surface area contributed by atoms with E-state index < -0.39 is 10.1 Å². The summed E-state index contributed by atoms with van der Waals surface area (Å²) in [7, 11) is -4.13. The van der Waals surface area contributed by atoms with Gasteiger partial charge in [0, 0.05) is 0 Å². The van der Waals surface area contributed by atoms with Crippen LogP contribution < -0.4 is 4.74 Å². The zero-order chi connectivity index (χ0) is 16.0. The Balaban J connectivity index is 1.50. The second-order valence-electron chi connectivity index (χ2n) is 7.72. The first-order valence-electron chi connectivity index (χ1n) is 8.71. The second kappa shape index (κ2) is 5.78. The summed E-state index contributed by atoms with van der Waals surface area (Å²) in [5, 5.41) is 0. The first kappa shape index (κ1) is 15.5. The van der Waals surface area contributed by atoms with Crippen LogP contribution in [0.3, 0.4) is 0 Å². The van der Waals surface area contributed by atoms with E-state index in [0.29, 0.717) is 11.7 Å². The molecule has 0 heterocycles. The molecule has 4 fully saturated rings. The van der Waals surface area contributed by atoms with Crippen LogP contribution in [0.1, 0.15) is 44.9 Å². The highest BCUT2D eigenvalue weighted by Gasteiger charge is 2.41. The van der Waals surface area contributed by atoms with Crippen molar-refractivity contribution in [1.29, 1.82) is 0 Å². The van der Waals surface area contributed by atoms with Gasteiger partial charge in [-0.1, -0.05) is 0 Å². The monoisotopic (exact) mass is 336 g/mol. The quantitative estimate of drug-likeness (QED) is 0.850. The molecule has 0 aliphatic heterocycles. The molecule has 0 amide bonds. The fraction of sp³-hybridized carbons (Fsp3) is 0.667. The highest BCUT2D eigenvalue weighted by atomic mass is 32.2. The topological polar surface area (TPSA) is 63.6 Å². The molecular formula is C18H24O4S. The van der Waals surface area contributed by atoms with Gasteiger partial charge in [0.15, 0.2) is 0 Å². The number of hydrogen-bond donors (Lipinski definition) is 1. The van der Waals surface area contributed by atoms with E-state index in [1.165, 1.54) is 50.7 Å². The van der Waals surface area contributed by atoms with Crippen LogP contribution in [-0.4, -0.2) is 19.1 Å². The van der Waals surface area contributed by atoms with Gasteiger partial charge in [0.25, 0.3) is 10.1 Å². The highest BCUT2D eigenvalue weighted by molar-refractivity contribution is 7.85. The van der Waals surface area contributed by atoms with Crippen LogP contribution >= 0.6 is 0 Å². The molecule has 4 aliphatic rings. The van der Waals surface area contributed by atoms with Crippen molar-refractivity contribution in [1.82, 2.24) is 0 Å². The Bertz CT molecular complexity index is 653. The summed E-state index contributed by atoms with van der Waals surface area (Å²) in [6.45, 7) is 0. The normalized spacial score (nSPS) is 36.5. The van der Waals surface area contributed by atoms with E-state index >= 15 is 0 Å². The largest absolute Gasteiger partial charge is 0.490 e. The highest BCUT2D eigenvalue weighted by Crippen LogP contribution is 2.50. The predicted molar refractivity (Wildman–Crippen MR) is 87.0 cm³/mol. The number of hydrogen-bond acceptors (Lipinski definition) is 3. The summed E-state index contributed by atoms with van der Waals surface area (Å²) >= 11 is 0. The first-order chi connectivity index (χ1) is 11.0. The minimum Gasteiger partial charge on any atom is -0.490 e. The lowest BCUT2D eigenvalue weighted by atomic mass is 9.60. The van der Waals surface area contributed by atoms with Crippen molar-refractivity contribution in [2.75, 3.05) is 0 Å². The van der Waals surface area contributed by atoms with Crippen molar-refractivity contribution in [3.8, 4) is 5.75 Å². The Labute approximate surface area is 138 Å². The maximum atomic E-state index is 11.1. The van der Waals surface area contributed by atoms with E-state index in [9.17, 15) is 8.42 Å². The average molecular weight is 336 g/mol. The molecule has 0 radical (unpaired) electrons. The molecule has 5 heteroatoms. The van der Waals surface area contributed by atoms with E-state index in [0.717, 1.165) is 24.2 Å². The van der Waals surface area contributed by atoms with Crippen LogP contribution in [0.15, 0.2) is 29.2 Å². The van der Waals surface area contributed by atoms with E-state index in [2.05, 4.69) is 0 Å². The lowest BCUT2D eigenvalue weighted by molar-refractivity contribution is -0.00337. The van der Waals surface area contributed by atoms with Crippen molar-refractivity contribution in [3.05, 3.63) is 24.3 Å². The van der Waals surface area contributed by atoms with Gasteiger partial charge >= 0.3 is 0 Å². The SMILES string of the molecule is O=S(=O)(O)c1ccc(OC2CCC3CC4CC(C3)CC2C4)cc1. The molecule has 1 aromatic rings. The third-order valence-electron chi connectivity index (χ3n) is 6.07. The van der Waals surface area contributed by atoms with Crippen molar-refractivity contribution >= 4 is 10.1 Å². The van der Waals surface area contributed by atoms with Crippen molar-refractivity contribution in [3.63, 3.8) is 0 Å². The Morgan fingerprint density at radius 2 is 1.48 bits per heavy atom. The molecule has 126 valence electrons. The lowest BCUT2D eigenvalue weighted by Crippen LogP contribution is -2.41. The van der Waals surface area contributed by atoms with Crippen molar-refractivity contribution < 1.29 is 17.7 Å². The van der Waals surface area contributed by atoms with Crippen LogP contribution in [0.25, 0.3) is 0 Å². The molecule has 0 aromatic heterocycles. The molecule has 0 saturated heterocycles. The standard InChI is InChI=1S/C18H24O4S/c19-23(20,21)17-4-2-16(3-5-17)22-18-6-1-12-7-13-9-14(8-12)11-15(18)10-13/h2-5,12-15,18H,1,6-11H2,(H,19,20,21). The summed E-state index contributed by atoms with van der Waals surface area (Å²) < 4.78 is 37.5. The maximum absolute atomic E-state index is 11.1. The lowest BCUT2D eigenvalue weighted by Gasteiger charge is -2.47. The zero-order valence-electron chi connectivity index (χ0n) is 13.2. The van der Waals surface area contributed by atoms with Crippen molar-refractivity contribution in [2.45, 2.75) is 55.9 Å².